The van der Waals surface area contributed by atoms with Gasteiger partial charge in [0.25, 0.3) is 0 Å². The number of carbonyl (C=O) groups is 1. The summed E-state index contributed by atoms with van der Waals surface area (Å²) in [5.74, 6) is -0.158. The summed E-state index contributed by atoms with van der Waals surface area (Å²) in [4.78, 5) is 17.7. The highest BCUT2D eigenvalue weighted by Crippen LogP contribution is 2.24. The smallest absolute Gasteiger partial charge is 0.303 e. The number of aromatic amines is 1. The van der Waals surface area contributed by atoms with Crippen LogP contribution in [0.3, 0.4) is 0 Å². The highest BCUT2D eigenvalue weighted by atomic mass is 35.5. The summed E-state index contributed by atoms with van der Waals surface area (Å²) < 4.78 is 0. The molecule has 0 spiro atoms. The van der Waals surface area contributed by atoms with Crippen LogP contribution in [-0.2, 0) is 11.2 Å². The molecule has 0 aliphatic carbocycles. The minimum Gasteiger partial charge on any atom is -0.481 e. The van der Waals surface area contributed by atoms with E-state index in [4.69, 9.17) is 16.7 Å². The quantitative estimate of drug-likeness (QED) is 0.877. The van der Waals surface area contributed by atoms with E-state index < -0.39 is 5.97 Å². The van der Waals surface area contributed by atoms with Crippen molar-refractivity contribution in [3.8, 4) is 11.4 Å². The van der Waals surface area contributed by atoms with Crippen molar-refractivity contribution < 1.29 is 9.90 Å². The van der Waals surface area contributed by atoms with E-state index in [-0.39, 0.29) is 6.42 Å². The molecule has 17 heavy (non-hydrogen) atoms. The van der Waals surface area contributed by atoms with Crippen molar-refractivity contribution in [1.29, 1.82) is 0 Å². The summed E-state index contributed by atoms with van der Waals surface area (Å²) in [7, 11) is 0. The molecule has 2 aromatic rings. The Balaban J connectivity index is 2.18. The summed E-state index contributed by atoms with van der Waals surface area (Å²) in [6.45, 7) is 0. The molecule has 1 aromatic carbocycles. The van der Waals surface area contributed by atoms with Crippen molar-refractivity contribution >= 4 is 17.6 Å². The topological polar surface area (TPSA) is 66.0 Å². The fourth-order valence-electron chi connectivity index (χ4n) is 1.52. The SMILES string of the molecule is O=C(O)CCc1cnc(-c2ccccc2Cl)[nH]1. The lowest BCUT2D eigenvalue weighted by Crippen LogP contribution is -1.97. The summed E-state index contributed by atoms with van der Waals surface area (Å²) >= 11 is 6.04. The predicted molar refractivity (Wildman–Crippen MR) is 65.0 cm³/mol. The molecule has 0 fully saturated rings. The molecule has 0 amide bonds. The van der Waals surface area contributed by atoms with Gasteiger partial charge in [-0.25, -0.2) is 4.98 Å². The molecule has 2 rings (SSSR count). The standard InChI is InChI=1S/C12H11ClN2O2/c13-10-4-2-1-3-9(10)12-14-7-8(15-12)5-6-11(16)17/h1-4,7H,5-6H2,(H,14,15)(H,16,17). The zero-order valence-corrected chi connectivity index (χ0v) is 9.74. The third kappa shape index (κ3) is 2.85. The Kier molecular flexibility index (Phi) is 3.44. The molecule has 0 unspecified atom stereocenters. The van der Waals surface area contributed by atoms with Crippen molar-refractivity contribution in [3.05, 3.63) is 41.2 Å². The lowest BCUT2D eigenvalue weighted by Gasteiger charge is -1.99. The predicted octanol–water partition coefficient (Wildman–Crippen LogP) is 2.75. The monoisotopic (exact) mass is 250 g/mol. The molecule has 0 aliphatic heterocycles. The van der Waals surface area contributed by atoms with Crippen LogP contribution < -0.4 is 0 Å². The van der Waals surface area contributed by atoms with Gasteiger partial charge in [-0.3, -0.25) is 4.79 Å². The number of hydrogen-bond donors (Lipinski definition) is 2. The van der Waals surface area contributed by atoms with E-state index in [1.54, 1.807) is 12.3 Å². The van der Waals surface area contributed by atoms with Gasteiger partial charge < -0.3 is 10.1 Å². The summed E-state index contributed by atoms with van der Waals surface area (Å²) in [5, 5.41) is 9.20. The van der Waals surface area contributed by atoms with Gasteiger partial charge in [0, 0.05) is 17.5 Å². The number of rotatable bonds is 4. The Morgan fingerprint density at radius 2 is 2.18 bits per heavy atom. The molecular formula is C12H11ClN2O2. The van der Waals surface area contributed by atoms with Crippen LogP contribution in [0.5, 0.6) is 0 Å². The fourth-order valence-corrected chi connectivity index (χ4v) is 1.74. The Morgan fingerprint density at radius 3 is 2.88 bits per heavy atom. The lowest BCUT2D eigenvalue weighted by molar-refractivity contribution is -0.136. The van der Waals surface area contributed by atoms with Crippen LogP contribution in [0, 0.1) is 0 Å². The number of halogens is 1. The van der Waals surface area contributed by atoms with Crippen LogP contribution in [0.15, 0.2) is 30.5 Å². The summed E-state index contributed by atoms with van der Waals surface area (Å²) in [6, 6.07) is 7.37. The van der Waals surface area contributed by atoms with Gasteiger partial charge in [-0.05, 0) is 18.6 Å². The lowest BCUT2D eigenvalue weighted by atomic mass is 10.2. The first kappa shape index (κ1) is 11.7. The third-order valence-electron chi connectivity index (χ3n) is 2.37. The molecule has 0 radical (unpaired) electrons. The molecule has 0 aliphatic rings. The molecule has 1 aromatic heterocycles. The van der Waals surface area contributed by atoms with Crippen molar-refractivity contribution in [2.24, 2.45) is 0 Å². The average molecular weight is 251 g/mol. The highest BCUT2D eigenvalue weighted by molar-refractivity contribution is 6.33. The second-order valence-electron chi connectivity index (χ2n) is 3.63. The highest BCUT2D eigenvalue weighted by Gasteiger charge is 2.07. The van der Waals surface area contributed by atoms with Gasteiger partial charge in [-0.1, -0.05) is 23.7 Å². The van der Waals surface area contributed by atoms with Crippen LogP contribution in [0.4, 0.5) is 0 Å². The maximum Gasteiger partial charge on any atom is 0.303 e. The van der Waals surface area contributed by atoms with E-state index in [0.29, 0.717) is 17.3 Å². The molecule has 1 heterocycles. The first-order valence-electron chi connectivity index (χ1n) is 5.17. The molecule has 4 nitrogen and oxygen atoms in total. The van der Waals surface area contributed by atoms with Crippen molar-refractivity contribution in [2.45, 2.75) is 12.8 Å². The number of nitrogens with one attached hydrogen (secondary N) is 1. The molecular weight excluding hydrogens is 240 g/mol. The zero-order valence-electron chi connectivity index (χ0n) is 8.98. The number of H-pyrrole nitrogens is 1. The molecule has 88 valence electrons. The van der Waals surface area contributed by atoms with Crippen LogP contribution in [0.1, 0.15) is 12.1 Å². The largest absolute Gasteiger partial charge is 0.481 e. The Labute approximate surface area is 103 Å². The second kappa shape index (κ2) is 5.01. The second-order valence-corrected chi connectivity index (χ2v) is 4.04. The maximum atomic E-state index is 10.4. The average Bonchev–Trinajstić information content (AvgIpc) is 2.75. The van der Waals surface area contributed by atoms with E-state index in [1.165, 1.54) is 0 Å². The number of imidazole rings is 1. The Morgan fingerprint density at radius 1 is 1.41 bits per heavy atom. The van der Waals surface area contributed by atoms with Gasteiger partial charge in [0.05, 0.1) is 11.4 Å². The number of aryl methyl sites for hydroxylation is 1. The van der Waals surface area contributed by atoms with Gasteiger partial charge in [0.2, 0.25) is 0 Å². The Hall–Kier alpha value is -1.81. The zero-order chi connectivity index (χ0) is 12.3. The molecule has 0 bridgehead atoms. The third-order valence-corrected chi connectivity index (χ3v) is 2.70. The number of nitrogens with zero attached hydrogens (tertiary/aromatic N) is 1. The number of benzene rings is 1. The number of aliphatic carboxylic acids is 1. The maximum absolute atomic E-state index is 10.4. The minimum absolute atomic E-state index is 0.0875. The summed E-state index contributed by atoms with van der Waals surface area (Å²) in [6.07, 6.45) is 2.17. The number of hydrogen-bond acceptors (Lipinski definition) is 2. The minimum atomic E-state index is -0.820. The number of carboxylic acids is 1. The molecule has 2 N–H and O–H groups in total. The first-order valence-corrected chi connectivity index (χ1v) is 5.55. The van der Waals surface area contributed by atoms with E-state index in [0.717, 1.165) is 11.3 Å². The normalized spacial score (nSPS) is 10.4. The first-order chi connectivity index (χ1) is 8.16. The van der Waals surface area contributed by atoms with Gasteiger partial charge in [0.15, 0.2) is 0 Å². The molecule has 5 heteroatoms. The van der Waals surface area contributed by atoms with Gasteiger partial charge in [0.1, 0.15) is 5.82 Å². The summed E-state index contributed by atoms with van der Waals surface area (Å²) in [5.41, 5.74) is 1.61. The van der Waals surface area contributed by atoms with Gasteiger partial charge in [-0.2, -0.15) is 0 Å². The van der Waals surface area contributed by atoms with E-state index in [9.17, 15) is 4.79 Å². The van der Waals surface area contributed by atoms with Crippen LogP contribution in [-0.4, -0.2) is 21.0 Å². The number of carboxylic acid groups (broad SMARTS) is 1. The molecule has 0 saturated heterocycles. The van der Waals surface area contributed by atoms with Crippen molar-refractivity contribution in [2.75, 3.05) is 0 Å². The molecule has 0 atom stereocenters. The Bertz CT molecular complexity index is 537. The molecule has 0 saturated carbocycles. The number of aromatic nitrogens is 2. The van der Waals surface area contributed by atoms with E-state index in [2.05, 4.69) is 9.97 Å². The van der Waals surface area contributed by atoms with Gasteiger partial charge in [-0.15, -0.1) is 0 Å². The van der Waals surface area contributed by atoms with Crippen molar-refractivity contribution in [1.82, 2.24) is 9.97 Å². The van der Waals surface area contributed by atoms with E-state index >= 15 is 0 Å². The van der Waals surface area contributed by atoms with Crippen LogP contribution in [0.2, 0.25) is 5.02 Å². The van der Waals surface area contributed by atoms with Crippen molar-refractivity contribution in [3.63, 3.8) is 0 Å². The fraction of sp³-hybridized carbons (Fsp3) is 0.167. The van der Waals surface area contributed by atoms with Crippen LogP contribution >= 0.6 is 11.6 Å². The van der Waals surface area contributed by atoms with Crippen LogP contribution in [0.25, 0.3) is 11.4 Å². The van der Waals surface area contributed by atoms with Gasteiger partial charge >= 0.3 is 5.97 Å². The van der Waals surface area contributed by atoms with E-state index in [1.807, 2.05) is 18.2 Å².